The average Bonchev–Trinajstić information content (AvgIpc) is 3.49. The fraction of sp³-hybridized carbons (Fsp3) is 0.375. The molecule has 0 saturated heterocycles. The zero-order valence-corrected chi connectivity index (χ0v) is 17.7. The van der Waals surface area contributed by atoms with E-state index in [4.69, 9.17) is 0 Å². The molecule has 3 amide bonds. The maximum Gasteiger partial charge on any atom is 0.313 e. The Kier molecular flexibility index (Phi) is 6.87. The standard InChI is InChI=1S/C24H29N3O3/c1-4-27(5-2)24(30)18-12-9-13-19(15-18)25-22(28)23(29)26-21(20-14-16(20)3)17-10-7-6-8-11-17/h6-13,15-16,20-21H,4-5,14H2,1-3H3,(H,25,28)(H,26,29). The molecule has 1 saturated carbocycles. The quantitative estimate of drug-likeness (QED) is 0.688. The zero-order chi connectivity index (χ0) is 21.7. The molecule has 3 rings (SSSR count). The molecule has 6 heteroatoms. The molecule has 0 aromatic heterocycles. The molecule has 2 aromatic carbocycles. The van der Waals surface area contributed by atoms with Crippen molar-refractivity contribution in [2.45, 2.75) is 33.2 Å². The van der Waals surface area contributed by atoms with Gasteiger partial charge in [-0.05, 0) is 55.9 Å². The summed E-state index contributed by atoms with van der Waals surface area (Å²) in [6.07, 6.45) is 1.02. The van der Waals surface area contributed by atoms with Gasteiger partial charge >= 0.3 is 11.8 Å². The summed E-state index contributed by atoms with van der Waals surface area (Å²) in [7, 11) is 0. The summed E-state index contributed by atoms with van der Waals surface area (Å²) in [5.74, 6) is -0.673. The van der Waals surface area contributed by atoms with Gasteiger partial charge in [0.15, 0.2) is 0 Å². The van der Waals surface area contributed by atoms with Gasteiger partial charge in [0.2, 0.25) is 0 Å². The lowest BCUT2D eigenvalue weighted by Gasteiger charge is -2.20. The molecule has 6 nitrogen and oxygen atoms in total. The highest BCUT2D eigenvalue weighted by Gasteiger charge is 2.41. The van der Waals surface area contributed by atoms with Crippen molar-refractivity contribution >= 4 is 23.4 Å². The summed E-state index contributed by atoms with van der Waals surface area (Å²) in [4.78, 5) is 39.3. The second-order valence-electron chi connectivity index (χ2n) is 7.75. The van der Waals surface area contributed by atoms with Gasteiger partial charge < -0.3 is 15.5 Å². The van der Waals surface area contributed by atoms with Crippen LogP contribution < -0.4 is 10.6 Å². The summed E-state index contributed by atoms with van der Waals surface area (Å²) in [6.45, 7) is 7.19. The third kappa shape index (κ3) is 5.06. The molecule has 1 fully saturated rings. The van der Waals surface area contributed by atoms with Crippen LogP contribution in [0, 0.1) is 11.8 Å². The van der Waals surface area contributed by atoms with Crippen LogP contribution in [0.15, 0.2) is 54.6 Å². The number of rotatable bonds is 7. The Hall–Kier alpha value is -3.15. The van der Waals surface area contributed by atoms with Gasteiger partial charge in [0.25, 0.3) is 5.91 Å². The van der Waals surface area contributed by atoms with Gasteiger partial charge in [-0.25, -0.2) is 0 Å². The molecule has 3 unspecified atom stereocenters. The molecular weight excluding hydrogens is 378 g/mol. The van der Waals surface area contributed by atoms with Gasteiger partial charge in [-0.2, -0.15) is 0 Å². The molecule has 2 N–H and O–H groups in total. The SMILES string of the molecule is CCN(CC)C(=O)c1cccc(NC(=O)C(=O)NC(c2ccccc2)C2CC2C)c1. The van der Waals surface area contributed by atoms with E-state index >= 15 is 0 Å². The molecule has 1 aliphatic rings. The topological polar surface area (TPSA) is 78.5 Å². The number of hydrogen-bond donors (Lipinski definition) is 2. The molecule has 2 aromatic rings. The van der Waals surface area contributed by atoms with E-state index in [0.717, 1.165) is 12.0 Å². The van der Waals surface area contributed by atoms with Gasteiger partial charge in [0, 0.05) is 24.3 Å². The van der Waals surface area contributed by atoms with Crippen molar-refractivity contribution < 1.29 is 14.4 Å². The van der Waals surface area contributed by atoms with E-state index in [-0.39, 0.29) is 11.9 Å². The lowest BCUT2D eigenvalue weighted by atomic mass is 10.0. The van der Waals surface area contributed by atoms with E-state index < -0.39 is 11.8 Å². The highest BCUT2D eigenvalue weighted by atomic mass is 16.2. The maximum atomic E-state index is 12.6. The lowest BCUT2D eigenvalue weighted by molar-refractivity contribution is -0.136. The molecular formula is C24H29N3O3. The smallest absolute Gasteiger partial charge is 0.313 e. The van der Waals surface area contributed by atoms with E-state index in [1.165, 1.54) is 0 Å². The van der Waals surface area contributed by atoms with Gasteiger partial charge in [-0.15, -0.1) is 0 Å². The number of anilines is 1. The summed E-state index contributed by atoms with van der Waals surface area (Å²) in [5, 5.41) is 5.51. The van der Waals surface area contributed by atoms with Gasteiger partial charge in [-0.3, -0.25) is 14.4 Å². The Balaban J connectivity index is 1.67. The molecule has 0 bridgehead atoms. The molecule has 1 aliphatic carbocycles. The highest BCUT2D eigenvalue weighted by Crippen LogP contribution is 2.46. The van der Waals surface area contributed by atoms with E-state index in [1.54, 1.807) is 29.2 Å². The predicted octanol–water partition coefficient (Wildman–Crippen LogP) is 3.62. The van der Waals surface area contributed by atoms with Crippen LogP contribution >= 0.6 is 0 Å². The molecule has 0 spiro atoms. The van der Waals surface area contributed by atoms with E-state index in [9.17, 15) is 14.4 Å². The molecule has 158 valence electrons. The Labute approximate surface area is 177 Å². The Bertz CT molecular complexity index is 909. The van der Waals surface area contributed by atoms with Crippen molar-refractivity contribution in [1.82, 2.24) is 10.2 Å². The average molecular weight is 408 g/mol. The minimum Gasteiger partial charge on any atom is -0.341 e. The normalized spacial score (nSPS) is 18.2. The summed E-state index contributed by atoms with van der Waals surface area (Å²) in [6, 6.07) is 16.2. The monoisotopic (exact) mass is 407 g/mol. The molecule has 3 atom stereocenters. The first-order valence-corrected chi connectivity index (χ1v) is 10.5. The number of nitrogens with zero attached hydrogens (tertiary/aromatic N) is 1. The minimum atomic E-state index is -0.739. The highest BCUT2D eigenvalue weighted by molar-refractivity contribution is 6.39. The van der Waals surface area contributed by atoms with Crippen molar-refractivity contribution in [3.63, 3.8) is 0 Å². The summed E-state index contributed by atoms with van der Waals surface area (Å²) < 4.78 is 0. The van der Waals surface area contributed by atoms with E-state index in [1.807, 2.05) is 44.2 Å². The van der Waals surface area contributed by atoms with Gasteiger partial charge in [-0.1, -0.05) is 43.3 Å². The van der Waals surface area contributed by atoms with Crippen molar-refractivity contribution in [2.75, 3.05) is 18.4 Å². The van der Waals surface area contributed by atoms with Gasteiger partial charge in [0.05, 0.1) is 6.04 Å². The largest absolute Gasteiger partial charge is 0.341 e. The molecule has 0 aliphatic heterocycles. The van der Waals surface area contributed by atoms with Crippen LogP contribution in [0.3, 0.4) is 0 Å². The third-order valence-corrected chi connectivity index (χ3v) is 5.67. The number of benzene rings is 2. The van der Waals surface area contributed by atoms with Crippen LogP contribution in [-0.4, -0.2) is 35.7 Å². The molecule has 0 radical (unpaired) electrons. The summed E-state index contributed by atoms with van der Waals surface area (Å²) in [5.41, 5.74) is 1.90. The van der Waals surface area contributed by atoms with Crippen LogP contribution in [0.25, 0.3) is 0 Å². The lowest BCUT2D eigenvalue weighted by Crippen LogP contribution is -2.38. The maximum absolute atomic E-state index is 12.6. The first kappa shape index (κ1) is 21.6. The van der Waals surface area contributed by atoms with Crippen molar-refractivity contribution in [3.05, 3.63) is 65.7 Å². The second-order valence-corrected chi connectivity index (χ2v) is 7.75. The minimum absolute atomic E-state index is 0.104. The van der Waals surface area contributed by atoms with Crippen LogP contribution in [-0.2, 0) is 9.59 Å². The zero-order valence-electron chi connectivity index (χ0n) is 17.7. The second kappa shape index (κ2) is 9.57. The predicted molar refractivity (Wildman–Crippen MR) is 117 cm³/mol. The first-order valence-electron chi connectivity index (χ1n) is 10.5. The van der Waals surface area contributed by atoms with Crippen molar-refractivity contribution in [3.8, 4) is 0 Å². The number of carbonyl (C=O) groups is 3. The van der Waals surface area contributed by atoms with Crippen LogP contribution in [0.5, 0.6) is 0 Å². The number of hydrogen-bond acceptors (Lipinski definition) is 3. The van der Waals surface area contributed by atoms with E-state index in [2.05, 4.69) is 17.6 Å². The number of amides is 3. The molecule has 30 heavy (non-hydrogen) atoms. The van der Waals surface area contributed by atoms with Crippen LogP contribution in [0.2, 0.25) is 0 Å². The Morgan fingerprint density at radius 3 is 2.27 bits per heavy atom. The fourth-order valence-corrected chi connectivity index (χ4v) is 3.73. The third-order valence-electron chi connectivity index (χ3n) is 5.67. The Morgan fingerprint density at radius 2 is 1.67 bits per heavy atom. The van der Waals surface area contributed by atoms with Crippen molar-refractivity contribution in [1.29, 1.82) is 0 Å². The number of carbonyl (C=O) groups excluding carboxylic acids is 3. The van der Waals surface area contributed by atoms with E-state index in [0.29, 0.717) is 36.2 Å². The van der Waals surface area contributed by atoms with Gasteiger partial charge in [0.1, 0.15) is 0 Å². The van der Waals surface area contributed by atoms with Crippen LogP contribution in [0.4, 0.5) is 5.69 Å². The van der Waals surface area contributed by atoms with Crippen molar-refractivity contribution in [2.24, 2.45) is 11.8 Å². The molecule has 0 heterocycles. The fourth-order valence-electron chi connectivity index (χ4n) is 3.73. The van der Waals surface area contributed by atoms with Crippen LogP contribution in [0.1, 0.15) is 49.2 Å². The number of nitrogens with one attached hydrogen (secondary N) is 2. The Morgan fingerprint density at radius 1 is 1.00 bits per heavy atom. The summed E-state index contributed by atoms with van der Waals surface area (Å²) >= 11 is 0. The first-order chi connectivity index (χ1) is 14.4.